The Morgan fingerprint density at radius 2 is 1.09 bits per heavy atom. The molecular weight excluding hydrogens is 444 g/mol. The predicted molar refractivity (Wildman–Crippen MR) is 127 cm³/mol. The van der Waals surface area contributed by atoms with Crippen LogP contribution in [0.15, 0.2) is 95.1 Å². The van der Waals surface area contributed by atoms with Gasteiger partial charge in [0.05, 0.1) is 23.8 Å². The van der Waals surface area contributed by atoms with E-state index >= 15 is 0 Å². The molecule has 170 valence electrons. The van der Waals surface area contributed by atoms with Crippen LogP contribution >= 0.6 is 0 Å². The van der Waals surface area contributed by atoms with Crippen LogP contribution in [0, 0.1) is 23.3 Å². The second-order valence-corrected chi connectivity index (χ2v) is 7.24. The molecule has 0 unspecified atom stereocenters. The predicted octanol–water partition coefficient (Wildman–Crippen LogP) is 6.80. The highest BCUT2D eigenvalue weighted by atomic mass is 19.1. The van der Waals surface area contributed by atoms with Crippen molar-refractivity contribution in [3.8, 4) is 11.1 Å². The normalized spacial score (nSPS) is 11.3. The molecule has 0 saturated heterocycles. The van der Waals surface area contributed by atoms with Gasteiger partial charge < -0.3 is 0 Å². The summed E-state index contributed by atoms with van der Waals surface area (Å²) in [5.41, 5.74) is 8.69. The van der Waals surface area contributed by atoms with E-state index in [2.05, 4.69) is 21.1 Å². The Balaban J connectivity index is 1.40. The Morgan fingerprint density at radius 1 is 0.529 bits per heavy atom. The first-order valence-electron chi connectivity index (χ1n) is 10.2. The lowest BCUT2D eigenvalue weighted by Gasteiger charge is -2.05. The fourth-order valence-electron chi connectivity index (χ4n) is 3.07. The van der Waals surface area contributed by atoms with Crippen LogP contribution in [-0.2, 0) is 0 Å². The zero-order valence-corrected chi connectivity index (χ0v) is 17.6. The molecule has 4 nitrogen and oxygen atoms in total. The van der Waals surface area contributed by atoms with E-state index in [0.29, 0.717) is 0 Å². The summed E-state index contributed by atoms with van der Waals surface area (Å²) in [5.74, 6) is -2.77. The Morgan fingerprint density at radius 3 is 1.65 bits per heavy atom. The number of nitrogens with zero attached hydrogens (tertiary/aromatic N) is 2. The topological polar surface area (TPSA) is 48.8 Å². The summed E-state index contributed by atoms with van der Waals surface area (Å²) in [5, 5.41) is 7.99. The summed E-state index contributed by atoms with van der Waals surface area (Å²) in [4.78, 5) is 0. The van der Waals surface area contributed by atoms with Crippen molar-refractivity contribution in [2.75, 3.05) is 10.9 Å². The van der Waals surface area contributed by atoms with E-state index in [1.807, 2.05) is 48.5 Å². The number of benzene rings is 4. The Hall–Kier alpha value is -4.46. The van der Waals surface area contributed by atoms with Crippen molar-refractivity contribution in [2.45, 2.75) is 0 Å². The summed E-state index contributed by atoms with van der Waals surface area (Å²) in [6.45, 7) is 0. The monoisotopic (exact) mass is 462 g/mol. The fourth-order valence-corrected chi connectivity index (χ4v) is 3.07. The van der Waals surface area contributed by atoms with E-state index in [9.17, 15) is 17.6 Å². The van der Waals surface area contributed by atoms with Crippen molar-refractivity contribution < 1.29 is 17.6 Å². The highest BCUT2D eigenvalue weighted by Gasteiger charge is 2.03. The van der Waals surface area contributed by atoms with E-state index < -0.39 is 23.3 Å². The Bertz CT molecular complexity index is 1350. The van der Waals surface area contributed by atoms with Crippen molar-refractivity contribution in [3.05, 3.63) is 119 Å². The van der Waals surface area contributed by atoms with Crippen LogP contribution in [0.25, 0.3) is 11.1 Å². The largest absolute Gasteiger partial charge is 0.276 e. The Labute approximate surface area is 193 Å². The van der Waals surface area contributed by atoms with Crippen LogP contribution in [0.3, 0.4) is 0 Å². The molecule has 0 saturated carbocycles. The average Bonchev–Trinajstić information content (AvgIpc) is 2.82. The highest BCUT2D eigenvalue weighted by molar-refractivity contribution is 5.84. The molecule has 0 atom stereocenters. The summed E-state index contributed by atoms with van der Waals surface area (Å²) in [6.07, 6.45) is 3.06. The molecule has 8 heteroatoms. The first-order valence-corrected chi connectivity index (χ1v) is 10.2. The van der Waals surface area contributed by atoms with E-state index in [1.54, 1.807) is 0 Å². The van der Waals surface area contributed by atoms with Gasteiger partial charge in [-0.05, 0) is 52.6 Å². The molecule has 34 heavy (non-hydrogen) atoms. The minimum absolute atomic E-state index is 0.0720. The van der Waals surface area contributed by atoms with Gasteiger partial charge in [0, 0.05) is 12.1 Å². The Kier molecular flexibility index (Phi) is 6.98. The average molecular weight is 462 g/mol. The SMILES string of the molecule is Fc1ccc(N/N=C/c2ccc(-c3cccc(/C=N/Nc4ccc(F)cc4F)c3)cc2)c(F)c1. The van der Waals surface area contributed by atoms with E-state index in [0.717, 1.165) is 46.5 Å². The van der Waals surface area contributed by atoms with Crippen molar-refractivity contribution in [3.63, 3.8) is 0 Å². The summed E-state index contributed by atoms with van der Waals surface area (Å²) < 4.78 is 53.2. The number of hydrogen-bond acceptors (Lipinski definition) is 4. The van der Waals surface area contributed by atoms with Gasteiger partial charge in [-0.2, -0.15) is 10.2 Å². The molecule has 0 amide bonds. The minimum atomic E-state index is -0.729. The maximum absolute atomic E-state index is 13.7. The molecule has 0 fully saturated rings. The van der Waals surface area contributed by atoms with Gasteiger partial charge in [-0.15, -0.1) is 0 Å². The molecule has 0 radical (unpaired) electrons. The van der Waals surface area contributed by atoms with Crippen molar-refractivity contribution in [1.82, 2.24) is 0 Å². The minimum Gasteiger partial charge on any atom is -0.276 e. The van der Waals surface area contributed by atoms with Crippen molar-refractivity contribution in [1.29, 1.82) is 0 Å². The molecule has 0 heterocycles. The van der Waals surface area contributed by atoms with Crippen LogP contribution in [0.4, 0.5) is 28.9 Å². The fraction of sp³-hybridized carbons (Fsp3) is 0. The second-order valence-electron chi connectivity index (χ2n) is 7.24. The molecular formula is C26H18F4N4. The third-order valence-electron chi connectivity index (χ3n) is 4.79. The smallest absolute Gasteiger partial charge is 0.151 e. The number of nitrogens with one attached hydrogen (secondary N) is 2. The van der Waals surface area contributed by atoms with Gasteiger partial charge in [0.2, 0.25) is 0 Å². The standard InChI is InChI=1S/C26H18F4N4/c27-21-8-10-25(23(29)13-21)33-31-15-17-4-6-19(7-5-17)20-3-1-2-18(12-20)16-32-34-26-11-9-22(28)14-24(26)30/h1-16,33-34H/b31-15+,32-16+. The second kappa shape index (κ2) is 10.4. The lowest BCUT2D eigenvalue weighted by Crippen LogP contribution is -1.95. The van der Waals surface area contributed by atoms with E-state index in [1.165, 1.54) is 24.6 Å². The molecule has 0 aliphatic rings. The lowest BCUT2D eigenvalue weighted by atomic mass is 10.0. The van der Waals surface area contributed by atoms with E-state index in [-0.39, 0.29) is 11.4 Å². The third kappa shape index (κ3) is 5.86. The van der Waals surface area contributed by atoms with Crippen molar-refractivity contribution in [2.24, 2.45) is 10.2 Å². The van der Waals surface area contributed by atoms with E-state index in [4.69, 9.17) is 0 Å². The molecule has 0 spiro atoms. The van der Waals surface area contributed by atoms with Gasteiger partial charge >= 0.3 is 0 Å². The molecule has 0 aliphatic heterocycles. The maximum atomic E-state index is 13.7. The van der Waals surface area contributed by atoms with Gasteiger partial charge in [0.25, 0.3) is 0 Å². The molecule has 0 aromatic heterocycles. The number of rotatable bonds is 7. The van der Waals surface area contributed by atoms with Gasteiger partial charge in [-0.3, -0.25) is 10.9 Å². The molecule has 0 bridgehead atoms. The van der Waals surface area contributed by atoms with Crippen LogP contribution in [0.1, 0.15) is 11.1 Å². The lowest BCUT2D eigenvalue weighted by molar-refractivity contribution is 0.584. The van der Waals surface area contributed by atoms with Gasteiger partial charge in [0.1, 0.15) is 11.6 Å². The van der Waals surface area contributed by atoms with Crippen LogP contribution in [0.5, 0.6) is 0 Å². The number of hydrogen-bond donors (Lipinski definition) is 2. The first-order chi connectivity index (χ1) is 16.5. The molecule has 4 aromatic carbocycles. The zero-order valence-electron chi connectivity index (χ0n) is 17.6. The number of hydrazone groups is 2. The first kappa shape index (κ1) is 22.7. The molecule has 0 aliphatic carbocycles. The highest BCUT2D eigenvalue weighted by Crippen LogP contribution is 2.21. The van der Waals surface area contributed by atoms with Crippen molar-refractivity contribution >= 4 is 23.8 Å². The quantitative estimate of drug-likeness (QED) is 0.180. The third-order valence-corrected chi connectivity index (χ3v) is 4.79. The van der Waals surface area contributed by atoms with Gasteiger partial charge in [-0.1, -0.05) is 42.5 Å². The molecule has 4 aromatic rings. The van der Waals surface area contributed by atoms with Crippen LogP contribution in [0.2, 0.25) is 0 Å². The molecule has 2 N–H and O–H groups in total. The van der Waals surface area contributed by atoms with Crippen LogP contribution in [-0.4, -0.2) is 12.4 Å². The van der Waals surface area contributed by atoms with Gasteiger partial charge in [0.15, 0.2) is 11.6 Å². The summed E-state index contributed by atoms with van der Waals surface area (Å²) in [6, 6.07) is 21.5. The number of anilines is 2. The molecule has 4 rings (SSSR count). The summed E-state index contributed by atoms with van der Waals surface area (Å²) in [7, 11) is 0. The zero-order chi connectivity index (χ0) is 23.9. The van der Waals surface area contributed by atoms with Crippen LogP contribution < -0.4 is 10.9 Å². The summed E-state index contributed by atoms with van der Waals surface area (Å²) >= 11 is 0. The maximum Gasteiger partial charge on any atom is 0.151 e. The number of halogens is 4. The van der Waals surface area contributed by atoms with Gasteiger partial charge in [-0.25, -0.2) is 17.6 Å².